The summed E-state index contributed by atoms with van der Waals surface area (Å²) in [7, 11) is 1.64. The average Bonchev–Trinajstić information content (AvgIpc) is 2.67. The number of nitrogens with zero attached hydrogens (tertiary/aromatic N) is 4. The second kappa shape index (κ2) is 3.24. The van der Waals surface area contributed by atoms with Gasteiger partial charge in [0.05, 0.1) is 12.6 Å². The summed E-state index contributed by atoms with van der Waals surface area (Å²) in [6.07, 6.45) is 1.69. The number of imidazole rings is 1. The topological polar surface area (TPSA) is 73.8 Å². The lowest BCUT2D eigenvalue weighted by Gasteiger charge is -1.97. The molecule has 0 saturated carbocycles. The van der Waals surface area contributed by atoms with E-state index < -0.39 is 4.92 Å². The number of aromatic nitrogens is 3. The number of hydrogen-bond donors (Lipinski definition) is 0. The van der Waals surface area contributed by atoms with Crippen LogP contribution in [0.1, 0.15) is 0 Å². The Morgan fingerprint density at radius 1 is 1.29 bits per heavy atom. The molecule has 17 heavy (non-hydrogen) atoms. The van der Waals surface area contributed by atoms with E-state index in [2.05, 4.69) is 9.97 Å². The van der Waals surface area contributed by atoms with Crippen LogP contribution in [-0.4, -0.2) is 19.5 Å². The SMILES string of the molecule is Cn1c([N+](=O)[O-])nc2ccc3ncccc3c21. The number of pyridine rings is 1. The Labute approximate surface area is 95.7 Å². The fourth-order valence-corrected chi connectivity index (χ4v) is 2.01. The summed E-state index contributed by atoms with van der Waals surface area (Å²) in [5.74, 6) is -0.156. The average molecular weight is 228 g/mol. The molecule has 0 N–H and O–H groups in total. The first-order valence-electron chi connectivity index (χ1n) is 5.03. The zero-order valence-electron chi connectivity index (χ0n) is 8.99. The van der Waals surface area contributed by atoms with Crippen molar-refractivity contribution in [2.45, 2.75) is 0 Å². The second-order valence-corrected chi connectivity index (χ2v) is 3.73. The van der Waals surface area contributed by atoms with E-state index >= 15 is 0 Å². The van der Waals surface area contributed by atoms with Gasteiger partial charge >= 0.3 is 5.95 Å². The maximum atomic E-state index is 10.8. The van der Waals surface area contributed by atoms with Gasteiger partial charge in [0.2, 0.25) is 0 Å². The molecular formula is C11H8N4O2. The van der Waals surface area contributed by atoms with Gasteiger partial charge in [0.15, 0.2) is 11.0 Å². The molecule has 2 aromatic heterocycles. The summed E-state index contributed by atoms with van der Waals surface area (Å²) >= 11 is 0. The number of nitro groups is 1. The van der Waals surface area contributed by atoms with Crippen molar-refractivity contribution in [3.63, 3.8) is 0 Å². The van der Waals surface area contributed by atoms with Gasteiger partial charge in [-0.3, -0.25) is 4.98 Å². The Bertz CT molecular complexity index is 748. The highest BCUT2D eigenvalue weighted by molar-refractivity contribution is 6.03. The zero-order valence-corrected chi connectivity index (χ0v) is 8.99. The first kappa shape index (κ1) is 9.71. The van der Waals surface area contributed by atoms with Crippen LogP contribution in [-0.2, 0) is 7.05 Å². The van der Waals surface area contributed by atoms with Crippen molar-refractivity contribution in [1.82, 2.24) is 14.5 Å². The lowest BCUT2D eigenvalue weighted by atomic mass is 10.2. The smallest absolute Gasteiger partial charge is 0.390 e. The molecule has 0 bridgehead atoms. The number of rotatable bonds is 1. The molecule has 84 valence electrons. The van der Waals surface area contributed by atoms with Crippen LogP contribution >= 0.6 is 0 Å². The Kier molecular flexibility index (Phi) is 1.85. The van der Waals surface area contributed by atoms with Crippen molar-refractivity contribution in [2.75, 3.05) is 0 Å². The lowest BCUT2D eigenvalue weighted by molar-refractivity contribution is -0.396. The first-order valence-corrected chi connectivity index (χ1v) is 5.03. The Hall–Kier alpha value is -2.50. The number of aryl methyl sites for hydroxylation is 1. The first-order chi connectivity index (χ1) is 8.18. The van der Waals surface area contributed by atoms with E-state index in [9.17, 15) is 10.1 Å². The number of fused-ring (bicyclic) bond motifs is 3. The van der Waals surface area contributed by atoms with Crippen LogP contribution in [0.2, 0.25) is 0 Å². The predicted octanol–water partition coefficient (Wildman–Crippen LogP) is 2.03. The standard InChI is InChI=1S/C11H8N4O2/c1-14-10-7-3-2-6-12-8(7)4-5-9(10)13-11(14)15(16)17/h2-6H,1H3. The quantitative estimate of drug-likeness (QED) is 0.471. The molecule has 0 fully saturated rings. The van der Waals surface area contributed by atoms with Crippen LogP contribution < -0.4 is 0 Å². The minimum atomic E-state index is -0.484. The Balaban J connectivity index is 2.53. The minimum absolute atomic E-state index is 0.156. The van der Waals surface area contributed by atoms with Crippen LogP contribution in [0.5, 0.6) is 0 Å². The molecule has 2 heterocycles. The van der Waals surface area contributed by atoms with Crippen molar-refractivity contribution < 1.29 is 4.92 Å². The maximum Gasteiger partial charge on any atom is 0.435 e. The van der Waals surface area contributed by atoms with Gasteiger partial charge in [0.25, 0.3) is 0 Å². The summed E-state index contributed by atoms with van der Waals surface area (Å²) < 4.78 is 1.49. The molecule has 0 aliphatic heterocycles. The highest BCUT2D eigenvalue weighted by Gasteiger charge is 2.20. The van der Waals surface area contributed by atoms with Crippen molar-refractivity contribution in [2.24, 2.45) is 7.05 Å². The zero-order chi connectivity index (χ0) is 12.0. The summed E-state index contributed by atoms with van der Waals surface area (Å²) in [5, 5.41) is 11.7. The monoisotopic (exact) mass is 228 g/mol. The number of benzene rings is 1. The van der Waals surface area contributed by atoms with E-state index in [1.54, 1.807) is 25.4 Å². The van der Waals surface area contributed by atoms with Gasteiger partial charge in [0, 0.05) is 11.6 Å². The molecule has 6 nitrogen and oxygen atoms in total. The van der Waals surface area contributed by atoms with Crippen LogP contribution in [0, 0.1) is 10.1 Å². The van der Waals surface area contributed by atoms with E-state index in [-0.39, 0.29) is 5.95 Å². The Morgan fingerprint density at radius 2 is 2.06 bits per heavy atom. The fourth-order valence-electron chi connectivity index (χ4n) is 2.01. The normalized spacial score (nSPS) is 11.1. The highest BCUT2D eigenvalue weighted by Crippen LogP contribution is 2.26. The van der Waals surface area contributed by atoms with Crippen LogP contribution in [0.4, 0.5) is 5.95 Å². The molecule has 3 aromatic rings. The molecular weight excluding hydrogens is 220 g/mol. The van der Waals surface area contributed by atoms with Gasteiger partial charge in [-0.25, -0.2) is 4.57 Å². The second-order valence-electron chi connectivity index (χ2n) is 3.73. The van der Waals surface area contributed by atoms with Gasteiger partial charge < -0.3 is 10.1 Å². The summed E-state index contributed by atoms with van der Waals surface area (Å²) in [4.78, 5) is 18.6. The van der Waals surface area contributed by atoms with Crippen LogP contribution in [0.25, 0.3) is 21.9 Å². The molecule has 0 saturated heterocycles. The van der Waals surface area contributed by atoms with Gasteiger partial charge in [0.1, 0.15) is 0 Å². The van der Waals surface area contributed by atoms with E-state index in [4.69, 9.17) is 0 Å². The molecule has 0 radical (unpaired) electrons. The molecule has 0 atom stereocenters. The molecule has 0 aliphatic carbocycles. The van der Waals surface area contributed by atoms with E-state index in [1.807, 2.05) is 12.1 Å². The summed E-state index contributed by atoms with van der Waals surface area (Å²) in [6.45, 7) is 0. The molecule has 0 unspecified atom stereocenters. The molecule has 0 amide bonds. The largest absolute Gasteiger partial charge is 0.435 e. The van der Waals surface area contributed by atoms with Gasteiger partial charge in [-0.2, -0.15) is 0 Å². The fraction of sp³-hybridized carbons (Fsp3) is 0.0909. The van der Waals surface area contributed by atoms with E-state index in [0.29, 0.717) is 5.52 Å². The van der Waals surface area contributed by atoms with E-state index in [0.717, 1.165) is 16.4 Å². The van der Waals surface area contributed by atoms with E-state index in [1.165, 1.54) is 4.57 Å². The molecule has 0 aliphatic rings. The molecule has 0 spiro atoms. The number of hydrogen-bond acceptors (Lipinski definition) is 4. The lowest BCUT2D eigenvalue weighted by Crippen LogP contribution is -1.98. The van der Waals surface area contributed by atoms with Crippen molar-refractivity contribution >= 4 is 27.9 Å². The molecule has 6 heteroatoms. The van der Waals surface area contributed by atoms with Crippen molar-refractivity contribution in [3.8, 4) is 0 Å². The van der Waals surface area contributed by atoms with Crippen LogP contribution in [0.15, 0.2) is 30.5 Å². The van der Waals surface area contributed by atoms with Crippen molar-refractivity contribution in [3.05, 3.63) is 40.6 Å². The Morgan fingerprint density at radius 3 is 2.82 bits per heavy atom. The van der Waals surface area contributed by atoms with Gasteiger partial charge in [-0.05, 0) is 29.2 Å². The predicted molar refractivity (Wildman–Crippen MR) is 62.7 cm³/mol. The van der Waals surface area contributed by atoms with Gasteiger partial charge in [-0.15, -0.1) is 0 Å². The van der Waals surface area contributed by atoms with Gasteiger partial charge in [-0.1, -0.05) is 4.98 Å². The highest BCUT2D eigenvalue weighted by atomic mass is 16.6. The maximum absolute atomic E-state index is 10.8. The third-order valence-corrected chi connectivity index (χ3v) is 2.75. The molecule has 1 aromatic carbocycles. The third-order valence-electron chi connectivity index (χ3n) is 2.75. The third kappa shape index (κ3) is 1.27. The summed E-state index contributed by atoms with van der Waals surface area (Å²) in [6, 6.07) is 7.25. The van der Waals surface area contributed by atoms with Crippen molar-refractivity contribution in [1.29, 1.82) is 0 Å². The minimum Gasteiger partial charge on any atom is -0.390 e. The van der Waals surface area contributed by atoms with Crippen LogP contribution in [0.3, 0.4) is 0 Å². The summed E-state index contributed by atoms with van der Waals surface area (Å²) in [5.41, 5.74) is 2.15. The molecule has 3 rings (SSSR count).